The van der Waals surface area contributed by atoms with Crippen LogP contribution in [0.25, 0.3) is 0 Å². The highest BCUT2D eigenvalue weighted by Gasteiger charge is 2.40. The molecule has 1 aromatic carbocycles. The zero-order valence-corrected chi connectivity index (χ0v) is 14.0. The third-order valence-corrected chi connectivity index (χ3v) is 5.09. The van der Waals surface area contributed by atoms with Gasteiger partial charge in [0.25, 0.3) is 0 Å². The lowest BCUT2D eigenvalue weighted by molar-refractivity contribution is -0.0782. The summed E-state index contributed by atoms with van der Waals surface area (Å²) in [5.74, 6) is 5.88. The van der Waals surface area contributed by atoms with Gasteiger partial charge in [-0.2, -0.15) is 0 Å². The largest absolute Gasteiger partial charge is 0.373 e. The molecule has 21 heavy (non-hydrogen) atoms. The van der Waals surface area contributed by atoms with Gasteiger partial charge in [-0.1, -0.05) is 55.0 Å². The summed E-state index contributed by atoms with van der Waals surface area (Å²) in [4.78, 5) is 0. The fourth-order valence-electron chi connectivity index (χ4n) is 3.37. The number of halogens is 2. The van der Waals surface area contributed by atoms with Gasteiger partial charge in [0, 0.05) is 6.61 Å². The van der Waals surface area contributed by atoms with Crippen molar-refractivity contribution >= 4 is 23.2 Å². The Hall–Kier alpha value is -0.320. The van der Waals surface area contributed by atoms with Crippen LogP contribution < -0.4 is 11.3 Å². The molecule has 1 unspecified atom stereocenters. The summed E-state index contributed by atoms with van der Waals surface area (Å²) < 4.78 is 6.21. The van der Waals surface area contributed by atoms with E-state index in [9.17, 15) is 0 Å². The molecule has 0 amide bonds. The molecule has 1 aromatic rings. The molecule has 0 saturated heterocycles. The van der Waals surface area contributed by atoms with Gasteiger partial charge >= 0.3 is 0 Å². The number of nitrogens with one attached hydrogen (secondary N) is 1. The standard InChI is InChI=1S/C16H24Cl2N2O/c1-2-21-16(9-5-3-4-6-10-16)15(20-19)12-7-8-13(17)14(18)11-12/h7-8,11,15,20H,2-6,9-10,19H2,1H3. The van der Waals surface area contributed by atoms with Gasteiger partial charge in [0.15, 0.2) is 0 Å². The third kappa shape index (κ3) is 3.91. The van der Waals surface area contributed by atoms with Crippen LogP contribution in [-0.2, 0) is 4.74 Å². The first kappa shape index (κ1) is 17.0. The SMILES string of the molecule is CCOC1(C(NN)c2ccc(Cl)c(Cl)c2)CCCCCC1. The predicted octanol–water partition coefficient (Wildman–Crippen LogP) is 4.63. The summed E-state index contributed by atoms with van der Waals surface area (Å²) in [6.45, 7) is 2.72. The lowest BCUT2D eigenvalue weighted by Crippen LogP contribution is -2.48. The highest BCUT2D eigenvalue weighted by Crippen LogP contribution is 2.41. The first-order chi connectivity index (χ1) is 10.1. The lowest BCUT2D eigenvalue weighted by Gasteiger charge is -2.40. The average Bonchev–Trinajstić information content (AvgIpc) is 2.70. The Kier molecular flexibility index (Phi) is 6.33. The van der Waals surface area contributed by atoms with E-state index in [1.807, 2.05) is 25.1 Å². The minimum atomic E-state index is -0.267. The van der Waals surface area contributed by atoms with Gasteiger partial charge in [-0.15, -0.1) is 0 Å². The van der Waals surface area contributed by atoms with E-state index in [0.29, 0.717) is 16.7 Å². The zero-order chi connectivity index (χ0) is 15.3. The van der Waals surface area contributed by atoms with Gasteiger partial charge in [0.05, 0.1) is 21.7 Å². The molecule has 2 rings (SSSR count). The summed E-state index contributed by atoms with van der Waals surface area (Å²) in [7, 11) is 0. The maximum atomic E-state index is 6.21. The van der Waals surface area contributed by atoms with Gasteiger partial charge in [-0.25, -0.2) is 0 Å². The zero-order valence-electron chi connectivity index (χ0n) is 12.5. The van der Waals surface area contributed by atoms with Crippen molar-refractivity contribution in [1.29, 1.82) is 0 Å². The molecule has 118 valence electrons. The van der Waals surface area contributed by atoms with Gasteiger partial charge in [0.2, 0.25) is 0 Å². The molecular weight excluding hydrogens is 307 g/mol. The fourth-order valence-corrected chi connectivity index (χ4v) is 3.68. The fraction of sp³-hybridized carbons (Fsp3) is 0.625. The number of benzene rings is 1. The Morgan fingerprint density at radius 1 is 1.19 bits per heavy atom. The second-order valence-electron chi connectivity index (χ2n) is 5.69. The molecule has 1 saturated carbocycles. The van der Waals surface area contributed by atoms with Gasteiger partial charge in [-0.3, -0.25) is 11.3 Å². The van der Waals surface area contributed by atoms with Gasteiger partial charge in [0.1, 0.15) is 0 Å². The Labute approximate surface area is 137 Å². The van der Waals surface area contributed by atoms with Crippen LogP contribution in [0, 0.1) is 0 Å². The molecule has 0 radical (unpaired) electrons. The molecule has 1 aliphatic carbocycles. The first-order valence-electron chi connectivity index (χ1n) is 7.68. The van der Waals surface area contributed by atoms with Crippen molar-refractivity contribution in [3.8, 4) is 0 Å². The van der Waals surface area contributed by atoms with Crippen molar-refractivity contribution in [2.75, 3.05) is 6.61 Å². The molecule has 5 heteroatoms. The summed E-state index contributed by atoms with van der Waals surface area (Å²) in [5.41, 5.74) is 3.72. The van der Waals surface area contributed by atoms with E-state index in [4.69, 9.17) is 33.8 Å². The molecule has 1 aliphatic rings. The number of hydrazine groups is 1. The monoisotopic (exact) mass is 330 g/mol. The van der Waals surface area contributed by atoms with Crippen molar-refractivity contribution in [3.63, 3.8) is 0 Å². The van der Waals surface area contributed by atoms with Crippen molar-refractivity contribution < 1.29 is 4.74 Å². The summed E-state index contributed by atoms with van der Waals surface area (Å²) in [6.07, 6.45) is 6.87. The predicted molar refractivity (Wildman–Crippen MR) is 88.6 cm³/mol. The van der Waals surface area contributed by atoms with E-state index in [1.165, 1.54) is 25.7 Å². The maximum Gasteiger partial charge on any atom is 0.0889 e. The third-order valence-electron chi connectivity index (χ3n) is 4.35. The number of rotatable bonds is 5. The minimum Gasteiger partial charge on any atom is -0.373 e. The van der Waals surface area contributed by atoms with Crippen LogP contribution >= 0.6 is 23.2 Å². The summed E-state index contributed by atoms with van der Waals surface area (Å²) in [5, 5.41) is 1.11. The quantitative estimate of drug-likeness (QED) is 0.470. The van der Waals surface area contributed by atoms with E-state index >= 15 is 0 Å². The molecule has 0 spiro atoms. The van der Waals surface area contributed by atoms with E-state index in [2.05, 4.69) is 5.43 Å². The Morgan fingerprint density at radius 3 is 2.38 bits per heavy atom. The normalized spacial score (nSPS) is 20.0. The first-order valence-corrected chi connectivity index (χ1v) is 8.43. The van der Waals surface area contributed by atoms with Crippen molar-refractivity contribution in [2.24, 2.45) is 5.84 Å². The van der Waals surface area contributed by atoms with Crippen molar-refractivity contribution in [1.82, 2.24) is 5.43 Å². The Bertz CT molecular complexity index is 460. The van der Waals surface area contributed by atoms with Crippen LogP contribution in [0.2, 0.25) is 10.0 Å². The number of hydrogen-bond donors (Lipinski definition) is 2. The molecule has 1 fully saturated rings. The minimum absolute atomic E-state index is 0.0784. The molecule has 0 bridgehead atoms. The number of hydrogen-bond acceptors (Lipinski definition) is 3. The molecule has 0 heterocycles. The van der Waals surface area contributed by atoms with Crippen LogP contribution in [0.1, 0.15) is 57.1 Å². The highest BCUT2D eigenvalue weighted by molar-refractivity contribution is 6.42. The van der Waals surface area contributed by atoms with E-state index in [1.54, 1.807) is 0 Å². The molecule has 3 N–H and O–H groups in total. The summed E-state index contributed by atoms with van der Waals surface area (Å²) in [6, 6.07) is 5.61. The van der Waals surface area contributed by atoms with Crippen molar-refractivity contribution in [3.05, 3.63) is 33.8 Å². The van der Waals surface area contributed by atoms with Crippen LogP contribution in [0.4, 0.5) is 0 Å². The van der Waals surface area contributed by atoms with E-state index in [-0.39, 0.29) is 11.6 Å². The molecule has 0 aromatic heterocycles. The highest BCUT2D eigenvalue weighted by atomic mass is 35.5. The lowest BCUT2D eigenvalue weighted by atomic mass is 9.82. The Balaban J connectivity index is 2.36. The molecule has 1 atom stereocenters. The van der Waals surface area contributed by atoms with Crippen LogP contribution in [0.5, 0.6) is 0 Å². The number of nitrogens with two attached hydrogens (primary N) is 1. The maximum absolute atomic E-state index is 6.21. The molecule has 0 aliphatic heterocycles. The van der Waals surface area contributed by atoms with Crippen LogP contribution in [0.3, 0.4) is 0 Å². The average molecular weight is 331 g/mol. The van der Waals surface area contributed by atoms with Crippen LogP contribution in [-0.4, -0.2) is 12.2 Å². The Morgan fingerprint density at radius 2 is 1.86 bits per heavy atom. The second kappa shape index (κ2) is 7.80. The molecule has 3 nitrogen and oxygen atoms in total. The van der Waals surface area contributed by atoms with Gasteiger partial charge in [-0.05, 0) is 37.5 Å². The smallest absolute Gasteiger partial charge is 0.0889 e. The molecular formula is C16H24Cl2N2O. The topological polar surface area (TPSA) is 47.3 Å². The number of ether oxygens (including phenoxy) is 1. The van der Waals surface area contributed by atoms with Crippen LogP contribution in [0.15, 0.2) is 18.2 Å². The van der Waals surface area contributed by atoms with Crippen molar-refractivity contribution in [2.45, 2.75) is 57.1 Å². The van der Waals surface area contributed by atoms with E-state index < -0.39 is 0 Å². The second-order valence-corrected chi connectivity index (χ2v) is 6.50. The van der Waals surface area contributed by atoms with Gasteiger partial charge < -0.3 is 4.74 Å². The summed E-state index contributed by atoms with van der Waals surface area (Å²) >= 11 is 12.2. The van der Waals surface area contributed by atoms with E-state index in [0.717, 1.165) is 18.4 Å².